The minimum atomic E-state index is -2.40. The van der Waals surface area contributed by atoms with Crippen LogP contribution in [0.15, 0.2) is 22.7 Å². The standard InChI is InChI=1S/C36H46BrClN2O8Si/c1-13-18-36-19-17-23(37)20-28(26(14-2)47-49(11,12)34(6,7)8)44-27-16-15-24(39-31(27)38)25(40-32(42)46-33(3,4)5)21-30(41)43-22-29(36)45-35(9,10)48-36/h1-2,15-16,20,25-26,28-29H,18,21-22H2,3-12H3,(H,40,42)/b23-20-/t25-,26+,28+,29-,36-/m1/s1. The van der Waals surface area contributed by atoms with Crippen LogP contribution in [0.25, 0.3) is 0 Å². The number of halogens is 2. The van der Waals surface area contributed by atoms with Gasteiger partial charge in [-0.25, -0.2) is 9.78 Å². The zero-order valence-electron chi connectivity index (χ0n) is 29.8. The molecule has 0 aromatic carbocycles. The molecule has 3 aliphatic rings. The molecule has 2 bridgehead atoms. The maximum absolute atomic E-state index is 13.3. The molecular formula is C36H46BrClN2O8Si. The Balaban J connectivity index is 2.19. The van der Waals surface area contributed by atoms with Crippen LogP contribution >= 0.6 is 27.5 Å². The second-order valence-electron chi connectivity index (χ2n) is 14.8. The van der Waals surface area contributed by atoms with Crippen LogP contribution in [-0.2, 0) is 28.2 Å². The minimum Gasteiger partial charge on any atom is -0.479 e. The lowest BCUT2D eigenvalue weighted by molar-refractivity contribution is -0.162. The Morgan fingerprint density at radius 1 is 1.24 bits per heavy atom. The van der Waals surface area contributed by atoms with E-state index < -0.39 is 61.7 Å². The van der Waals surface area contributed by atoms with Gasteiger partial charge in [0.15, 0.2) is 36.7 Å². The summed E-state index contributed by atoms with van der Waals surface area (Å²) >= 11 is 10.2. The van der Waals surface area contributed by atoms with E-state index in [0.29, 0.717) is 4.48 Å². The molecule has 5 atom stereocenters. The molecule has 266 valence electrons. The van der Waals surface area contributed by atoms with Gasteiger partial charge in [0.25, 0.3) is 0 Å². The molecule has 1 aromatic rings. The number of nitrogens with zero attached hydrogens (tertiary/aromatic N) is 1. The summed E-state index contributed by atoms with van der Waals surface area (Å²) in [6.45, 7) is 18.9. The van der Waals surface area contributed by atoms with Crippen molar-refractivity contribution >= 4 is 47.9 Å². The van der Waals surface area contributed by atoms with E-state index in [4.69, 9.17) is 52.6 Å². The fourth-order valence-corrected chi connectivity index (χ4v) is 6.50. The van der Waals surface area contributed by atoms with Gasteiger partial charge in [0, 0.05) is 0 Å². The summed E-state index contributed by atoms with van der Waals surface area (Å²) in [4.78, 5) is 30.6. The topological polar surface area (TPSA) is 114 Å². The van der Waals surface area contributed by atoms with Crippen molar-refractivity contribution in [1.82, 2.24) is 10.3 Å². The SMILES string of the molecule is C#CC[C@@]12C#C/C(Br)=C/[C@@H]([C@H](C#C)O[Si](C)(C)C(C)(C)C)Oc3ccc(nc3Cl)[C@H](NC(=O)OC(C)(C)C)CC(=O)OC[C@H]1OC(C)(C)O2. The van der Waals surface area contributed by atoms with E-state index in [1.54, 1.807) is 52.8 Å². The number of alkyl carbamates (subject to hydrolysis) is 1. The average Bonchev–Trinajstić information content (AvgIpc) is 3.21. The van der Waals surface area contributed by atoms with Crippen molar-refractivity contribution in [3.05, 3.63) is 33.5 Å². The third-order valence-corrected chi connectivity index (χ3v) is 13.2. The highest BCUT2D eigenvalue weighted by Gasteiger charge is 2.53. The summed E-state index contributed by atoms with van der Waals surface area (Å²) in [6.07, 6.45) is 9.87. The number of carbonyl (C=O) groups is 2. The van der Waals surface area contributed by atoms with Crippen LogP contribution in [0.5, 0.6) is 5.75 Å². The number of hydrogen-bond donors (Lipinski definition) is 1. The highest BCUT2D eigenvalue weighted by Crippen LogP contribution is 2.40. The van der Waals surface area contributed by atoms with Crippen molar-refractivity contribution < 1.29 is 37.7 Å². The van der Waals surface area contributed by atoms with Crippen molar-refractivity contribution in [2.24, 2.45) is 0 Å². The molecule has 0 unspecified atom stereocenters. The lowest BCUT2D eigenvalue weighted by Gasteiger charge is -2.39. The Kier molecular flexibility index (Phi) is 12.8. The number of carbonyl (C=O) groups excluding carboxylic acids is 2. The third kappa shape index (κ3) is 11.0. The van der Waals surface area contributed by atoms with Crippen LogP contribution in [0.4, 0.5) is 4.79 Å². The summed E-state index contributed by atoms with van der Waals surface area (Å²) in [6, 6.07) is 2.18. The summed E-state index contributed by atoms with van der Waals surface area (Å²) in [5.41, 5.74) is -1.88. The number of ether oxygens (including phenoxy) is 5. The highest BCUT2D eigenvalue weighted by molar-refractivity contribution is 9.12. The van der Waals surface area contributed by atoms with Crippen molar-refractivity contribution in [1.29, 1.82) is 0 Å². The van der Waals surface area contributed by atoms with Crippen molar-refractivity contribution in [3.8, 4) is 42.3 Å². The van der Waals surface area contributed by atoms with Crippen molar-refractivity contribution in [2.45, 2.75) is 128 Å². The monoisotopic (exact) mass is 776 g/mol. The molecule has 49 heavy (non-hydrogen) atoms. The van der Waals surface area contributed by atoms with Crippen LogP contribution in [0.2, 0.25) is 23.3 Å². The van der Waals surface area contributed by atoms with Gasteiger partial charge in [0.05, 0.1) is 29.1 Å². The fraction of sp³-hybridized carbons (Fsp3) is 0.583. The maximum Gasteiger partial charge on any atom is 0.408 e. The van der Waals surface area contributed by atoms with E-state index in [1.165, 1.54) is 0 Å². The number of nitrogens with one attached hydrogen (secondary N) is 1. The van der Waals surface area contributed by atoms with E-state index >= 15 is 0 Å². The Morgan fingerprint density at radius 2 is 1.92 bits per heavy atom. The molecule has 13 heteroatoms. The number of pyridine rings is 1. The Bertz CT molecular complexity index is 1590. The minimum absolute atomic E-state index is 0.0271. The second-order valence-corrected chi connectivity index (χ2v) is 20.8. The van der Waals surface area contributed by atoms with Gasteiger partial charge >= 0.3 is 12.1 Å². The number of fused-ring (bicyclic) bond motifs is 9. The molecule has 0 aliphatic carbocycles. The molecule has 1 fully saturated rings. The van der Waals surface area contributed by atoms with Crippen LogP contribution < -0.4 is 10.1 Å². The van der Waals surface area contributed by atoms with Crippen LogP contribution in [0.1, 0.15) is 80.0 Å². The smallest absolute Gasteiger partial charge is 0.408 e. The van der Waals surface area contributed by atoms with Crippen LogP contribution in [0.3, 0.4) is 0 Å². The molecule has 0 spiro atoms. The van der Waals surface area contributed by atoms with E-state index in [2.05, 4.69) is 83.8 Å². The van der Waals surface area contributed by atoms with Crippen molar-refractivity contribution in [3.63, 3.8) is 0 Å². The number of allylic oxidation sites excluding steroid dienone is 1. The first-order chi connectivity index (χ1) is 22.5. The number of esters is 1. The number of aromatic nitrogens is 1. The van der Waals surface area contributed by atoms with Gasteiger partial charge < -0.3 is 33.4 Å². The number of amides is 1. The molecule has 3 aliphatic heterocycles. The molecule has 1 amide bonds. The molecule has 0 saturated carbocycles. The first-order valence-corrected chi connectivity index (χ1v) is 19.9. The predicted molar refractivity (Wildman–Crippen MR) is 193 cm³/mol. The third-order valence-electron chi connectivity index (χ3n) is 8.05. The largest absolute Gasteiger partial charge is 0.479 e. The summed E-state index contributed by atoms with van der Waals surface area (Å²) in [5, 5.41) is 2.51. The predicted octanol–water partition coefficient (Wildman–Crippen LogP) is 7.21. The van der Waals surface area contributed by atoms with Gasteiger partial charge in [-0.1, -0.05) is 50.1 Å². The fourth-order valence-electron chi connectivity index (χ4n) is 4.75. The molecular weight excluding hydrogens is 732 g/mol. The quantitative estimate of drug-likeness (QED) is 0.143. The summed E-state index contributed by atoms with van der Waals surface area (Å²) in [5.74, 6) is 9.97. The number of hydrogen-bond acceptors (Lipinski definition) is 9. The van der Waals surface area contributed by atoms with Crippen molar-refractivity contribution in [2.75, 3.05) is 6.61 Å². The summed E-state index contributed by atoms with van der Waals surface area (Å²) < 4.78 is 36.9. The summed E-state index contributed by atoms with van der Waals surface area (Å²) in [7, 11) is -2.40. The molecule has 10 nitrogen and oxygen atoms in total. The van der Waals surface area contributed by atoms with Gasteiger partial charge in [0.2, 0.25) is 0 Å². The Morgan fingerprint density at radius 3 is 2.49 bits per heavy atom. The van der Waals surface area contributed by atoms with E-state index in [0.717, 1.165) is 0 Å². The second kappa shape index (κ2) is 15.5. The lowest BCUT2D eigenvalue weighted by atomic mass is 9.94. The van der Waals surface area contributed by atoms with Gasteiger partial charge in [0.1, 0.15) is 24.4 Å². The average molecular weight is 778 g/mol. The molecule has 1 saturated heterocycles. The Labute approximate surface area is 304 Å². The van der Waals surface area contributed by atoms with Crippen LogP contribution in [0, 0.1) is 36.5 Å². The first-order valence-electron chi connectivity index (χ1n) is 15.8. The van der Waals surface area contributed by atoms with E-state index in [9.17, 15) is 9.59 Å². The molecule has 0 radical (unpaired) electrons. The lowest BCUT2D eigenvalue weighted by Crippen LogP contribution is -2.47. The zero-order valence-corrected chi connectivity index (χ0v) is 33.1. The zero-order chi connectivity index (χ0) is 37.0. The Hall–Kier alpha value is -3.02. The van der Waals surface area contributed by atoms with Gasteiger partial charge in [-0.15, -0.1) is 18.8 Å². The highest BCUT2D eigenvalue weighted by atomic mass is 79.9. The van der Waals surface area contributed by atoms with Gasteiger partial charge in [-0.2, -0.15) is 0 Å². The van der Waals surface area contributed by atoms with Gasteiger partial charge in [-0.05, 0) is 86.9 Å². The number of rotatable bonds is 5. The molecule has 4 rings (SSSR count). The molecule has 1 aromatic heterocycles. The first kappa shape index (κ1) is 40.4. The van der Waals surface area contributed by atoms with Gasteiger partial charge in [-0.3, -0.25) is 4.79 Å². The normalized spacial score (nSPS) is 26.1. The molecule has 1 N–H and O–H groups in total. The van der Waals surface area contributed by atoms with E-state index in [-0.39, 0.29) is 41.1 Å². The van der Waals surface area contributed by atoms with Crippen LogP contribution in [-0.4, -0.2) is 67.3 Å². The number of terminal acetylenes is 2. The molecule has 4 heterocycles. The maximum atomic E-state index is 13.3. The van der Waals surface area contributed by atoms with E-state index in [1.807, 2.05) is 0 Å².